The molecule has 0 aliphatic carbocycles. The predicted molar refractivity (Wildman–Crippen MR) is 67.0 cm³/mol. The van der Waals surface area contributed by atoms with Gasteiger partial charge in [0.15, 0.2) is 17.3 Å². The predicted octanol–water partition coefficient (Wildman–Crippen LogP) is 1.85. The minimum atomic E-state index is 0.0362. The highest BCUT2D eigenvalue weighted by Gasteiger charge is 2.18. The average Bonchev–Trinajstić information content (AvgIpc) is 2.31. The number of Topliss-reactive ketones (excluding diaryl/α,β-unsaturated/α-hetero) is 1. The first-order valence-electron chi connectivity index (χ1n) is 5.52. The van der Waals surface area contributed by atoms with Gasteiger partial charge in [-0.25, -0.2) is 0 Å². The van der Waals surface area contributed by atoms with E-state index in [1.54, 1.807) is 14.2 Å². The van der Waals surface area contributed by atoms with Crippen molar-refractivity contribution in [2.75, 3.05) is 20.8 Å². The molecule has 0 aliphatic rings. The number of ketones is 1. The van der Waals surface area contributed by atoms with Gasteiger partial charge < -0.3 is 15.2 Å². The largest absolute Gasteiger partial charge is 0.493 e. The van der Waals surface area contributed by atoms with Crippen LogP contribution in [0.2, 0.25) is 0 Å². The fraction of sp³-hybridized carbons (Fsp3) is 0.462. The summed E-state index contributed by atoms with van der Waals surface area (Å²) in [7, 11) is 3.16. The molecule has 4 heteroatoms. The third-order valence-corrected chi connectivity index (χ3v) is 2.75. The molecule has 0 amide bonds. The number of hydrogen-bond donors (Lipinski definition) is 1. The van der Waals surface area contributed by atoms with Crippen molar-refractivity contribution in [2.24, 2.45) is 5.73 Å². The molecule has 0 aromatic heterocycles. The lowest BCUT2D eigenvalue weighted by atomic mass is 9.98. The van der Waals surface area contributed by atoms with Gasteiger partial charge in [0.25, 0.3) is 0 Å². The number of rotatable bonds is 5. The Labute approximate surface area is 102 Å². The number of methoxy groups -OCH3 is 2. The van der Waals surface area contributed by atoms with Crippen LogP contribution in [0.3, 0.4) is 0 Å². The zero-order valence-electron chi connectivity index (χ0n) is 10.8. The molecule has 0 unspecified atom stereocenters. The van der Waals surface area contributed by atoms with Gasteiger partial charge >= 0.3 is 0 Å². The summed E-state index contributed by atoms with van der Waals surface area (Å²) >= 11 is 0. The molecule has 0 saturated heterocycles. The van der Waals surface area contributed by atoms with Gasteiger partial charge in [-0.3, -0.25) is 4.79 Å². The van der Waals surface area contributed by atoms with Crippen molar-refractivity contribution in [1.82, 2.24) is 0 Å². The molecule has 0 saturated carbocycles. The normalized spacial score (nSPS) is 10.2. The minimum absolute atomic E-state index is 0.0362. The van der Waals surface area contributed by atoms with Crippen molar-refractivity contribution in [2.45, 2.75) is 20.3 Å². The first-order chi connectivity index (χ1) is 8.06. The molecule has 0 fully saturated rings. The lowest BCUT2D eigenvalue weighted by Crippen LogP contribution is -2.11. The highest BCUT2D eigenvalue weighted by molar-refractivity contribution is 5.98. The van der Waals surface area contributed by atoms with Crippen molar-refractivity contribution in [3.63, 3.8) is 0 Å². The van der Waals surface area contributed by atoms with Crippen molar-refractivity contribution >= 4 is 5.78 Å². The molecular weight excluding hydrogens is 218 g/mol. The van der Waals surface area contributed by atoms with Crippen molar-refractivity contribution in [1.29, 1.82) is 0 Å². The quantitative estimate of drug-likeness (QED) is 0.794. The molecule has 0 bridgehead atoms. The third kappa shape index (κ3) is 2.58. The van der Waals surface area contributed by atoms with Gasteiger partial charge in [-0.05, 0) is 32.0 Å². The molecule has 1 rings (SSSR count). The molecule has 17 heavy (non-hydrogen) atoms. The fourth-order valence-electron chi connectivity index (χ4n) is 1.92. The van der Waals surface area contributed by atoms with Crippen LogP contribution in [0.1, 0.15) is 27.9 Å². The maximum Gasteiger partial charge on any atom is 0.164 e. The van der Waals surface area contributed by atoms with Gasteiger partial charge in [-0.1, -0.05) is 0 Å². The van der Waals surface area contributed by atoms with E-state index in [2.05, 4.69) is 0 Å². The van der Waals surface area contributed by atoms with Crippen LogP contribution in [0.5, 0.6) is 11.5 Å². The Morgan fingerprint density at radius 1 is 1.24 bits per heavy atom. The molecule has 0 spiro atoms. The van der Waals surface area contributed by atoms with Crippen LogP contribution >= 0.6 is 0 Å². The highest BCUT2D eigenvalue weighted by atomic mass is 16.5. The monoisotopic (exact) mass is 237 g/mol. The van der Waals surface area contributed by atoms with Gasteiger partial charge in [0.05, 0.1) is 14.2 Å². The Morgan fingerprint density at radius 3 is 2.29 bits per heavy atom. The Balaban J connectivity index is 3.35. The first-order valence-corrected chi connectivity index (χ1v) is 5.52. The van der Waals surface area contributed by atoms with Gasteiger partial charge in [0.1, 0.15) is 0 Å². The Morgan fingerprint density at radius 2 is 1.82 bits per heavy atom. The number of ether oxygens (including phenoxy) is 2. The molecule has 2 N–H and O–H groups in total. The van der Waals surface area contributed by atoms with E-state index in [0.29, 0.717) is 30.0 Å². The Bertz CT molecular complexity index is 427. The smallest absolute Gasteiger partial charge is 0.164 e. The Kier molecular flexibility index (Phi) is 4.52. The van der Waals surface area contributed by atoms with Crippen molar-refractivity contribution in [3.8, 4) is 11.5 Å². The number of benzene rings is 1. The van der Waals surface area contributed by atoms with E-state index in [0.717, 1.165) is 11.1 Å². The summed E-state index contributed by atoms with van der Waals surface area (Å²) in [4.78, 5) is 11.9. The van der Waals surface area contributed by atoms with E-state index in [1.165, 1.54) is 0 Å². The first kappa shape index (κ1) is 13.5. The summed E-state index contributed by atoms with van der Waals surface area (Å²) in [5, 5.41) is 0. The SMILES string of the molecule is COc1c(C)cc(C(=O)CCN)c(C)c1OC. The van der Waals surface area contributed by atoms with E-state index in [9.17, 15) is 4.79 Å². The van der Waals surface area contributed by atoms with Crippen LogP contribution < -0.4 is 15.2 Å². The summed E-state index contributed by atoms with van der Waals surface area (Å²) in [6.45, 7) is 4.09. The molecule has 1 aromatic rings. The van der Waals surface area contributed by atoms with Crippen molar-refractivity contribution in [3.05, 3.63) is 22.8 Å². The lowest BCUT2D eigenvalue weighted by Gasteiger charge is -2.16. The molecule has 4 nitrogen and oxygen atoms in total. The topological polar surface area (TPSA) is 61.5 Å². The van der Waals surface area contributed by atoms with E-state index < -0.39 is 0 Å². The second-order valence-electron chi connectivity index (χ2n) is 3.89. The third-order valence-electron chi connectivity index (χ3n) is 2.75. The molecular formula is C13H19NO3. The summed E-state index contributed by atoms with van der Waals surface area (Å²) in [6, 6.07) is 1.83. The number of carbonyl (C=O) groups excluding carboxylic acids is 1. The molecule has 1 aromatic carbocycles. The van der Waals surface area contributed by atoms with E-state index in [1.807, 2.05) is 19.9 Å². The van der Waals surface area contributed by atoms with Gasteiger partial charge in [-0.2, -0.15) is 0 Å². The van der Waals surface area contributed by atoms with Gasteiger partial charge in [0.2, 0.25) is 0 Å². The maximum atomic E-state index is 11.9. The average molecular weight is 237 g/mol. The van der Waals surface area contributed by atoms with Crippen LogP contribution in [0.15, 0.2) is 6.07 Å². The van der Waals surface area contributed by atoms with Gasteiger partial charge in [0, 0.05) is 17.5 Å². The number of carbonyl (C=O) groups is 1. The van der Waals surface area contributed by atoms with E-state index in [-0.39, 0.29) is 5.78 Å². The maximum absolute atomic E-state index is 11.9. The molecule has 0 heterocycles. The van der Waals surface area contributed by atoms with Crippen LogP contribution in [-0.2, 0) is 0 Å². The molecule has 0 atom stereocenters. The van der Waals surface area contributed by atoms with Crippen LogP contribution in [-0.4, -0.2) is 26.5 Å². The Hall–Kier alpha value is -1.55. The molecule has 94 valence electrons. The highest BCUT2D eigenvalue weighted by Crippen LogP contribution is 2.36. The minimum Gasteiger partial charge on any atom is -0.493 e. The summed E-state index contributed by atoms with van der Waals surface area (Å²) < 4.78 is 10.6. The fourth-order valence-corrected chi connectivity index (χ4v) is 1.92. The zero-order valence-corrected chi connectivity index (χ0v) is 10.8. The van der Waals surface area contributed by atoms with Crippen LogP contribution in [0.4, 0.5) is 0 Å². The number of aryl methyl sites for hydroxylation is 1. The second kappa shape index (κ2) is 5.68. The van der Waals surface area contributed by atoms with Crippen molar-refractivity contribution < 1.29 is 14.3 Å². The lowest BCUT2D eigenvalue weighted by molar-refractivity contribution is 0.0984. The number of hydrogen-bond acceptors (Lipinski definition) is 4. The van der Waals surface area contributed by atoms with Crippen LogP contribution in [0, 0.1) is 13.8 Å². The second-order valence-corrected chi connectivity index (χ2v) is 3.89. The molecule has 0 radical (unpaired) electrons. The molecule has 0 aliphatic heterocycles. The number of nitrogens with two attached hydrogens (primary N) is 1. The van der Waals surface area contributed by atoms with Crippen LogP contribution in [0.25, 0.3) is 0 Å². The van der Waals surface area contributed by atoms with E-state index >= 15 is 0 Å². The summed E-state index contributed by atoms with van der Waals surface area (Å²) in [6.07, 6.45) is 0.343. The summed E-state index contributed by atoms with van der Waals surface area (Å²) in [5.74, 6) is 1.33. The van der Waals surface area contributed by atoms with Gasteiger partial charge in [-0.15, -0.1) is 0 Å². The van der Waals surface area contributed by atoms with E-state index in [4.69, 9.17) is 15.2 Å². The zero-order chi connectivity index (χ0) is 13.0. The standard InChI is InChI=1S/C13H19NO3/c1-8-7-10(11(15)5-6-14)9(2)13(17-4)12(8)16-3/h7H,5-6,14H2,1-4H3. The summed E-state index contributed by atoms with van der Waals surface area (Å²) in [5.41, 5.74) is 7.75.